The molecule has 0 fully saturated rings. The Balaban J connectivity index is 1.30. The molecule has 4 heterocycles. The molecule has 2 aromatic carbocycles. The van der Waals surface area contributed by atoms with Gasteiger partial charge in [-0.25, -0.2) is 14.6 Å². The van der Waals surface area contributed by atoms with Gasteiger partial charge in [0.2, 0.25) is 0 Å². The third-order valence-electron chi connectivity index (χ3n) is 7.07. The predicted molar refractivity (Wildman–Crippen MR) is 161 cm³/mol. The van der Waals surface area contributed by atoms with E-state index in [0.717, 1.165) is 33.6 Å². The maximum atomic E-state index is 13.5. The molecule has 6 aromatic rings. The first kappa shape index (κ1) is 27.0. The molecule has 4 aromatic heterocycles. The molecule has 0 bridgehead atoms. The monoisotopic (exact) mass is 558 g/mol. The number of H-pyrrole nitrogens is 1. The number of aromatic nitrogens is 6. The first-order valence-electron chi connectivity index (χ1n) is 13.7. The zero-order valence-corrected chi connectivity index (χ0v) is 23.9. The van der Waals surface area contributed by atoms with E-state index in [4.69, 9.17) is 9.84 Å². The molecule has 210 valence electrons. The lowest BCUT2D eigenvalue weighted by molar-refractivity contribution is -0.117. The number of pyridine rings is 2. The van der Waals surface area contributed by atoms with Gasteiger partial charge >= 0.3 is 0 Å². The molecule has 0 amide bonds. The Morgan fingerprint density at radius 3 is 2.50 bits per heavy atom. The van der Waals surface area contributed by atoms with Gasteiger partial charge in [-0.1, -0.05) is 44.5 Å². The SMILES string of the molecule is Cc1ccc(-n2nc(C(C)(C)C)cc2CC(=O)Cc2ccc(Oc3ccnc4[nH]c(=O)cnc34)c3cccnc23)cc1. The van der Waals surface area contributed by atoms with Gasteiger partial charge in [0.05, 0.1) is 28.8 Å². The Hall–Kier alpha value is -5.18. The second kappa shape index (κ2) is 10.7. The van der Waals surface area contributed by atoms with E-state index in [0.29, 0.717) is 28.2 Å². The summed E-state index contributed by atoms with van der Waals surface area (Å²) in [5.74, 6) is 1.06. The average molecular weight is 559 g/mol. The highest BCUT2D eigenvalue weighted by Crippen LogP contribution is 2.33. The molecule has 0 aliphatic rings. The molecule has 0 saturated heterocycles. The van der Waals surface area contributed by atoms with E-state index in [1.165, 1.54) is 6.20 Å². The van der Waals surface area contributed by atoms with Crippen LogP contribution >= 0.6 is 0 Å². The van der Waals surface area contributed by atoms with E-state index in [1.54, 1.807) is 18.5 Å². The number of rotatable bonds is 7. The molecule has 1 N–H and O–H groups in total. The first-order valence-corrected chi connectivity index (χ1v) is 13.7. The minimum atomic E-state index is -0.340. The molecule has 0 saturated carbocycles. The van der Waals surface area contributed by atoms with Crippen LogP contribution in [0, 0.1) is 6.92 Å². The van der Waals surface area contributed by atoms with Crippen LogP contribution in [0.25, 0.3) is 27.8 Å². The van der Waals surface area contributed by atoms with Crippen molar-refractivity contribution in [1.82, 2.24) is 29.7 Å². The number of nitrogens with zero attached hydrogens (tertiary/aromatic N) is 5. The number of ether oxygens (including phenoxy) is 1. The maximum Gasteiger partial charge on any atom is 0.268 e. The Morgan fingerprint density at radius 1 is 0.905 bits per heavy atom. The van der Waals surface area contributed by atoms with Crippen LogP contribution in [0.5, 0.6) is 11.5 Å². The predicted octanol–water partition coefficient (Wildman–Crippen LogP) is 5.80. The molecular weight excluding hydrogens is 528 g/mol. The molecule has 0 spiro atoms. The second-order valence-corrected chi connectivity index (χ2v) is 11.4. The van der Waals surface area contributed by atoms with Crippen LogP contribution in [0.2, 0.25) is 0 Å². The van der Waals surface area contributed by atoms with Gasteiger partial charge in [0.25, 0.3) is 5.56 Å². The first-order chi connectivity index (χ1) is 20.2. The van der Waals surface area contributed by atoms with Crippen molar-refractivity contribution in [2.45, 2.75) is 46.0 Å². The maximum absolute atomic E-state index is 13.5. The van der Waals surface area contributed by atoms with Crippen LogP contribution in [0.4, 0.5) is 0 Å². The van der Waals surface area contributed by atoms with Crippen LogP contribution in [0.15, 0.2) is 84.0 Å². The molecular formula is C33H30N6O3. The minimum absolute atomic E-state index is 0.0534. The molecule has 42 heavy (non-hydrogen) atoms. The van der Waals surface area contributed by atoms with Crippen molar-refractivity contribution in [3.63, 3.8) is 0 Å². The van der Waals surface area contributed by atoms with Crippen molar-refractivity contribution in [1.29, 1.82) is 0 Å². The summed E-state index contributed by atoms with van der Waals surface area (Å²) in [6.45, 7) is 8.40. The number of nitrogens with one attached hydrogen (secondary N) is 1. The average Bonchev–Trinajstić information content (AvgIpc) is 3.39. The number of hydrogen-bond acceptors (Lipinski definition) is 7. The van der Waals surface area contributed by atoms with Crippen molar-refractivity contribution in [2.24, 2.45) is 0 Å². The van der Waals surface area contributed by atoms with E-state index in [9.17, 15) is 9.59 Å². The summed E-state index contributed by atoms with van der Waals surface area (Å²) in [4.78, 5) is 40.9. The molecule has 0 unspecified atom stereocenters. The Labute approximate surface area is 242 Å². The van der Waals surface area contributed by atoms with Crippen LogP contribution in [0.1, 0.15) is 43.3 Å². The van der Waals surface area contributed by atoms with E-state index in [1.807, 2.05) is 66.2 Å². The van der Waals surface area contributed by atoms with Crippen molar-refractivity contribution < 1.29 is 9.53 Å². The van der Waals surface area contributed by atoms with Gasteiger partial charge in [-0.3, -0.25) is 14.6 Å². The number of hydrogen-bond donors (Lipinski definition) is 1. The van der Waals surface area contributed by atoms with E-state index >= 15 is 0 Å². The number of carbonyl (C=O) groups is 1. The standard InChI is InChI=1S/C33H30N6O3/c1-20-7-10-22(11-8-20)39-23(18-28(38-39)33(2,3)4)17-24(40)16-21-9-12-26(25-6-5-14-34-30(21)25)42-27-13-15-35-32-31(27)36-19-29(41)37-32/h5-15,18-19H,16-17H2,1-4H3,(H,35,37,41). The zero-order valence-electron chi connectivity index (χ0n) is 23.9. The molecule has 9 heteroatoms. The fourth-order valence-corrected chi connectivity index (χ4v) is 4.86. The fraction of sp³-hybridized carbons (Fsp3) is 0.212. The Kier molecular flexibility index (Phi) is 6.86. The number of benzene rings is 2. The topological polar surface area (TPSA) is 116 Å². The van der Waals surface area contributed by atoms with Gasteiger partial charge in [-0.15, -0.1) is 0 Å². The second-order valence-electron chi connectivity index (χ2n) is 11.4. The highest BCUT2D eigenvalue weighted by atomic mass is 16.5. The van der Waals surface area contributed by atoms with Crippen LogP contribution in [-0.4, -0.2) is 35.5 Å². The number of aromatic amines is 1. The van der Waals surface area contributed by atoms with E-state index in [2.05, 4.69) is 40.7 Å². The van der Waals surface area contributed by atoms with Crippen molar-refractivity contribution in [2.75, 3.05) is 0 Å². The lowest BCUT2D eigenvalue weighted by Crippen LogP contribution is -2.13. The summed E-state index contributed by atoms with van der Waals surface area (Å²) in [7, 11) is 0. The van der Waals surface area contributed by atoms with Crippen molar-refractivity contribution in [3.05, 3.63) is 112 Å². The van der Waals surface area contributed by atoms with Crippen LogP contribution < -0.4 is 10.3 Å². The van der Waals surface area contributed by atoms with Crippen LogP contribution in [0.3, 0.4) is 0 Å². The van der Waals surface area contributed by atoms with Gasteiger partial charge in [-0.05, 0) is 48.9 Å². The molecule has 0 atom stereocenters. The lowest BCUT2D eigenvalue weighted by atomic mass is 9.92. The van der Waals surface area contributed by atoms with Gasteiger partial charge in [0.1, 0.15) is 17.0 Å². The number of ketones is 1. The Bertz CT molecular complexity index is 2000. The molecule has 0 aliphatic heterocycles. The number of aryl methyl sites for hydroxylation is 1. The third-order valence-corrected chi connectivity index (χ3v) is 7.07. The summed E-state index contributed by atoms with van der Waals surface area (Å²) >= 11 is 0. The van der Waals surface area contributed by atoms with Crippen molar-refractivity contribution in [3.8, 4) is 17.2 Å². The van der Waals surface area contributed by atoms with Crippen LogP contribution in [-0.2, 0) is 23.1 Å². The Morgan fingerprint density at radius 2 is 1.71 bits per heavy atom. The third kappa shape index (κ3) is 5.41. The smallest absolute Gasteiger partial charge is 0.268 e. The van der Waals surface area contributed by atoms with E-state index < -0.39 is 0 Å². The normalized spacial score (nSPS) is 11.7. The van der Waals surface area contributed by atoms with Crippen molar-refractivity contribution >= 4 is 27.9 Å². The fourth-order valence-electron chi connectivity index (χ4n) is 4.86. The van der Waals surface area contributed by atoms with E-state index in [-0.39, 0.29) is 29.6 Å². The highest BCUT2D eigenvalue weighted by Gasteiger charge is 2.22. The molecule has 9 nitrogen and oxygen atoms in total. The summed E-state index contributed by atoms with van der Waals surface area (Å²) in [5, 5.41) is 5.64. The summed E-state index contributed by atoms with van der Waals surface area (Å²) in [6, 6.07) is 19.3. The molecule has 6 rings (SSSR count). The van der Waals surface area contributed by atoms with Gasteiger partial charge in [0, 0.05) is 42.1 Å². The lowest BCUT2D eigenvalue weighted by Gasteiger charge is -2.14. The zero-order chi connectivity index (χ0) is 29.4. The number of Topliss-reactive ketones (excluding diaryl/α,β-unsaturated/α-hetero) is 1. The minimum Gasteiger partial charge on any atom is -0.454 e. The molecule has 0 aliphatic carbocycles. The largest absolute Gasteiger partial charge is 0.454 e. The highest BCUT2D eigenvalue weighted by molar-refractivity contribution is 5.93. The van der Waals surface area contributed by atoms with Gasteiger partial charge in [-0.2, -0.15) is 5.10 Å². The summed E-state index contributed by atoms with van der Waals surface area (Å²) in [5.41, 5.74) is 5.64. The summed E-state index contributed by atoms with van der Waals surface area (Å²) in [6.07, 6.45) is 4.89. The quantitative estimate of drug-likeness (QED) is 0.263. The number of fused-ring (bicyclic) bond motifs is 2. The van der Waals surface area contributed by atoms with Gasteiger partial charge in [0.15, 0.2) is 11.4 Å². The summed E-state index contributed by atoms with van der Waals surface area (Å²) < 4.78 is 8.13. The number of carbonyl (C=O) groups excluding carboxylic acids is 1. The van der Waals surface area contributed by atoms with Gasteiger partial charge < -0.3 is 9.72 Å². The molecule has 0 radical (unpaired) electrons.